The predicted octanol–water partition coefficient (Wildman–Crippen LogP) is 1.65. The van der Waals surface area contributed by atoms with Crippen LogP contribution in [0.1, 0.15) is 18.4 Å². The van der Waals surface area contributed by atoms with Gasteiger partial charge in [-0.3, -0.25) is 0 Å². The van der Waals surface area contributed by atoms with E-state index in [4.69, 9.17) is 10.2 Å². The first-order valence-corrected chi connectivity index (χ1v) is 5.73. The molecule has 0 spiro atoms. The molecule has 0 aliphatic rings. The van der Waals surface area contributed by atoms with Crippen molar-refractivity contribution in [3.63, 3.8) is 0 Å². The molecule has 0 bridgehead atoms. The summed E-state index contributed by atoms with van der Waals surface area (Å²) in [6.45, 7) is 5.83. The minimum atomic E-state index is 0.0557. The van der Waals surface area contributed by atoms with Crippen molar-refractivity contribution in [3.05, 3.63) is 37.1 Å². The van der Waals surface area contributed by atoms with Crippen LogP contribution in [0.5, 0.6) is 0 Å². The van der Waals surface area contributed by atoms with E-state index in [9.17, 15) is 0 Å². The molecule has 1 unspecified atom stereocenters. The molecule has 0 aliphatic heterocycles. The Balaban J connectivity index is 2.38. The lowest BCUT2D eigenvalue weighted by Gasteiger charge is -2.07. The molecule has 7 nitrogen and oxygen atoms in total. The van der Waals surface area contributed by atoms with Crippen molar-refractivity contribution in [2.75, 3.05) is 5.73 Å². The van der Waals surface area contributed by atoms with Crippen molar-refractivity contribution in [3.8, 4) is 11.5 Å². The maximum atomic E-state index is 5.94. The number of fused-ring (bicyclic) bond motifs is 1. The Morgan fingerprint density at radius 1 is 1.53 bits per heavy atom. The van der Waals surface area contributed by atoms with Crippen LogP contribution in [0.3, 0.4) is 0 Å². The summed E-state index contributed by atoms with van der Waals surface area (Å²) in [4.78, 5) is 4.02. The minimum Gasteiger partial charge on any atom is -0.423 e. The van der Waals surface area contributed by atoms with E-state index in [1.165, 1.54) is 12.7 Å². The lowest BCUT2D eigenvalue weighted by molar-refractivity contribution is 0.568. The molecule has 3 aromatic heterocycles. The highest BCUT2D eigenvalue weighted by Crippen LogP contribution is 2.35. The first-order chi connectivity index (χ1) is 9.22. The van der Waals surface area contributed by atoms with Crippen LogP contribution in [-0.2, 0) is 0 Å². The van der Waals surface area contributed by atoms with Crippen molar-refractivity contribution in [2.24, 2.45) is 0 Å². The maximum absolute atomic E-state index is 5.94. The molecule has 7 heteroatoms. The van der Waals surface area contributed by atoms with Crippen molar-refractivity contribution < 1.29 is 4.42 Å². The van der Waals surface area contributed by atoms with Gasteiger partial charge in [0.1, 0.15) is 11.8 Å². The summed E-state index contributed by atoms with van der Waals surface area (Å²) in [6, 6.07) is 0. The van der Waals surface area contributed by atoms with Gasteiger partial charge in [0.25, 0.3) is 0 Å². The number of aromatic nitrogens is 5. The van der Waals surface area contributed by atoms with Gasteiger partial charge in [-0.2, -0.15) is 5.10 Å². The van der Waals surface area contributed by atoms with Crippen LogP contribution < -0.4 is 5.73 Å². The van der Waals surface area contributed by atoms with Crippen LogP contribution in [0.25, 0.3) is 17.0 Å². The number of rotatable bonds is 3. The van der Waals surface area contributed by atoms with Crippen molar-refractivity contribution in [1.29, 1.82) is 0 Å². The fourth-order valence-corrected chi connectivity index (χ4v) is 2.10. The van der Waals surface area contributed by atoms with Gasteiger partial charge < -0.3 is 10.2 Å². The topological polar surface area (TPSA) is 95.1 Å². The molecular formula is C12H12N6O. The molecule has 19 heavy (non-hydrogen) atoms. The summed E-state index contributed by atoms with van der Waals surface area (Å²) in [5, 5.41) is 11.8. The van der Waals surface area contributed by atoms with Crippen LogP contribution in [0.2, 0.25) is 0 Å². The minimum absolute atomic E-state index is 0.0557. The molecule has 0 amide bonds. The third kappa shape index (κ3) is 1.67. The number of anilines is 1. The number of allylic oxidation sites excluding steroid dienone is 1. The fourth-order valence-electron chi connectivity index (χ4n) is 2.10. The summed E-state index contributed by atoms with van der Waals surface area (Å²) in [5.74, 6) is 0.887. The molecule has 0 radical (unpaired) electrons. The molecule has 0 saturated carbocycles. The van der Waals surface area contributed by atoms with Gasteiger partial charge in [0, 0.05) is 17.7 Å². The van der Waals surface area contributed by atoms with E-state index in [1.807, 2.05) is 13.0 Å². The molecule has 3 aromatic rings. The van der Waals surface area contributed by atoms with E-state index < -0.39 is 0 Å². The molecule has 0 saturated heterocycles. The zero-order valence-corrected chi connectivity index (χ0v) is 10.3. The first-order valence-electron chi connectivity index (χ1n) is 5.73. The highest BCUT2D eigenvalue weighted by Gasteiger charge is 2.21. The van der Waals surface area contributed by atoms with Crippen molar-refractivity contribution in [2.45, 2.75) is 12.8 Å². The average Bonchev–Trinajstić information content (AvgIpc) is 3.04. The van der Waals surface area contributed by atoms with E-state index in [0.29, 0.717) is 11.7 Å². The second-order valence-corrected chi connectivity index (χ2v) is 4.16. The molecule has 96 valence electrons. The lowest BCUT2D eigenvalue weighted by atomic mass is 9.98. The average molecular weight is 256 g/mol. The molecule has 0 fully saturated rings. The number of nitrogens with two attached hydrogens (primary N) is 1. The molecule has 2 N–H and O–H groups in total. The zero-order valence-electron chi connectivity index (χ0n) is 10.3. The number of nitrogen functional groups attached to an aromatic ring is 1. The Morgan fingerprint density at radius 2 is 2.37 bits per heavy atom. The van der Waals surface area contributed by atoms with Crippen LogP contribution in [0.15, 0.2) is 36.0 Å². The van der Waals surface area contributed by atoms with Gasteiger partial charge in [0.2, 0.25) is 12.3 Å². The first kappa shape index (κ1) is 11.4. The smallest absolute Gasteiger partial charge is 0.249 e. The molecule has 0 aromatic carbocycles. The summed E-state index contributed by atoms with van der Waals surface area (Å²) in [5.41, 5.74) is 8.40. The number of nitrogens with zero attached hydrogens (tertiary/aromatic N) is 5. The monoisotopic (exact) mass is 256 g/mol. The van der Waals surface area contributed by atoms with E-state index in [0.717, 1.165) is 16.6 Å². The van der Waals surface area contributed by atoms with Gasteiger partial charge in [-0.1, -0.05) is 13.0 Å². The molecule has 3 rings (SSSR count). The maximum Gasteiger partial charge on any atom is 0.249 e. The van der Waals surface area contributed by atoms with E-state index in [2.05, 4.69) is 26.9 Å². The Morgan fingerprint density at radius 3 is 3.05 bits per heavy atom. The molecular weight excluding hydrogens is 244 g/mol. The summed E-state index contributed by atoms with van der Waals surface area (Å²) in [6.07, 6.45) is 6.31. The Kier molecular flexibility index (Phi) is 2.52. The molecule has 3 heterocycles. The summed E-state index contributed by atoms with van der Waals surface area (Å²) >= 11 is 0. The van der Waals surface area contributed by atoms with Crippen LogP contribution in [0, 0.1) is 0 Å². The molecule has 1 atom stereocenters. The largest absolute Gasteiger partial charge is 0.423 e. The van der Waals surface area contributed by atoms with Gasteiger partial charge in [-0.05, 0) is 0 Å². The van der Waals surface area contributed by atoms with Gasteiger partial charge in [0.05, 0.1) is 5.56 Å². The normalized spacial score (nSPS) is 12.7. The lowest BCUT2D eigenvalue weighted by Crippen LogP contribution is -2.00. The number of hydrogen-bond donors (Lipinski definition) is 1. The third-order valence-corrected chi connectivity index (χ3v) is 3.04. The Hall–Kier alpha value is -2.70. The standard InChI is InChI=1S/C12H12N6O/c1-3-7(2)9-8(12-17-15-6-19-12)4-18-10(9)11(13)14-5-16-18/h3-7H,1H2,2H3,(H2,13,14,16). The van der Waals surface area contributed by atoms with E-state index >= 15 is 0 Å². The second kappa shape index (κ2) is 4.20. The van der Waals surface area contributed by atoms with E-state index in [1.54, 1.807) is 10.7 Å². The zero-order chi connectivity index (χ0) is 13.4. The van der Waals surface area contributed by atoms with Crippen molar-refractivity contribution >= 4 is 11.3 Å². The Bertz CT molecular complexity index is 730. The van der Waals surface area contributed by atoms with Crippen LogP contribution in [0.4, 0.5) is 5.82 Å². The molecule has 0 aliphatic carbocycles. The van der Waals surface area contributed by atoms with Gasteiger partial charge >= 0.3 is 0 Å². The third-order valence-electron chi connectivity index (χ3n) is 3.04. The van der Waals surface area contributed by atoms with Gasteiger partial charge in [0.15, 0.2) is 5.82 Å². The highest BCUT2D eigenvalue weighted by molar-refractivity contribution is 5.80. The van der Waals surface area contributed by atoms with E-state index in [-0.39, 0.29) is 5.92 Å². The second-order valence-electron chi connectivity index (χ2n) is 4.16. The van der Waals surface area contributed by atoms with Crippen LogP contribution in [-0.4, -0.2) is 24.8 Å². The van der Waals surface area contributed by atoms with Crippen LogP contribution >= 0.6 is 0 Å². The fraction of sp³-hybridized carbons (Fsp3) is 0.167. The van der Waals surface area contributed by atoms with Gasteiger partial charge in [-0.15, -0.1) is 16.8 Å². The number of hydrogen-bond acceptors (Lipinski definition) is 6. The Labute approximate surface area is 108 Å². The highest BCUT2D eigenvalue weighted by atomic mass is 16.4. The summed E-state index contributed by atoms with van der Waals surface area (Å²) in [7, 11) is 0. The SMILES string of the molecule is C=CC(C)c1c(-c2nnco2)cn2ncnc(N)c12. The summed E-state index contributed by atoms with van der Waals surface area (Å²) < 4.78 is 6.93. The van der Waals surface area contributed by atoms with Gasteiger partial charge in [-0.25, -0.2) is 9.50 Å². The quantitative estimate of drug-likeness (QED) is 0.716. The predicted molar refractivity (Wildman–Crippen MR) is 69.3 cm³/mol. The van der Waals surface area contributed by atoms with Crippen molar-refractivity contribution in [1.82, 2.24) is 24.8 Å².